The van der Waals surface area contributed by atoms with Crippen LogP contribution < -0.4 is 4.90 Å². The number of ether oxygens (including phenoxy) is 1. The van der Waals surface area contributed by atoms with Crippen LogP contribution in [0.3, 0.4) is 0 Å². The van der Waals surface area contributed by atoms with Gasteiger partial charge >= 0.3 is 0 Å². The van der Waals surface area contributed by atoms with E-state index < -0.39 is 5.60 Å². The van der Waals surface area contributed by atoms with Crippen molar-refractivity contribution in [3.05, 3.63) is 77.4 Å². The van der Waals surface area contributed by atoms with Crippen LogP contribution in [0.2, 0.25) is 0 Å². The lowest BCUT2D eigenvalue weighted by molar-refractivity contribution is -0.143. The molecule has 5 nitrogen and oxygen atoms in total. The van der Waals surface area contributed by atoms with Gasteiger partial charge < -0.3 is 14.4 Å². The van der Waals surface area contributed by atoms with Crippen LogP contribution in [0.15, 0.2) is 60.7 Å². The van der Waals surface area contributed by atoms with Gasteiger partial charge in [0.25, 0.3) is 5.91 Å². The molecular formula is C28H28N2O3. The minimum atomic E-state index is -1.20. The fraction of sp³-hybridized carbons (Fsp3) is 0.357. The van der Waals surface area contributed by atoms with Crippen molar-refractivity contribution in [1.29, 1.82) is 0 Å². The Morgan fingerprint density at radius 2 is 1.79 bits per heavy atom. The van der Waals surface area contributed by atoms with E-state index in [1.54, 1.807) is 0 Å². The number of carbonyl (C=O) groups is 2. The number of likely N-dealkylation sites (tertiary alicyclic amines) is 1. The summed E-state index contributed by atoms with van der Waals surface area (Å²) >= 11 is 0. The molecule has 0 bridgehead atoms. The number of para-hydroxylation sites is 1. The number of anilines is 1. The molecule has 2 unspecified atom stereocenters. The molecule has 1 aliphatic carbocycles. The van der Waals surface area contributed by atoms with E-state index in [2.05, 4.69) is 41.3 Å². The normalized spacial score (nSPS) is 25.1. The molecule has 0 spiro atoms. The second-order valence-electron chi connectivity index (χ2n) is 9.44. The van der Waals surface area contributed by atoms with Crippen molar-refractivity contribution in [2.75, 3.05) is 25.1 Å². The molecule has 3 aliphatic rings. The predicted octanol–water partition coefficient (Wildman–Crippen LogP) is 4.38. The molecule has 0 saturated carbocycles. The summed E-state index contributed by atoms with van der Waals surface area (Å²) < 4.78 is 5.74. The van der Waals surface area contributed by atoms with Gasteiger partial charge in [-0.15, -0.1) is 0 Å². The van der Waals surface area contributed by atoms with Crippen molar-refractivity contribution in [3.8, 4) is 0 Å². The minimum Gasteiger partial charge on any atom is -0.363 e. The van der Waals surface area contributed by atoms with Crippen LogP contribution in [-0.4, -0.2) is 43.3 Å². The lowest BCUT2D eigenvalue weighted by Gasteiger charge is -2.40. The Hall–Kier alpha value is -3.02. The Kier molecular flexibility index (Phi) is 4.86. The van der Waals surface area contributed by atoms with E-state index in [0.29, 0.717) is 6.04 Å². The highest BCUT2D eigenvalue weighted by Crippen LogP contribution is 2.47. The zero-order valence-corrected chi connectivity index (χ0v) is 18.9. The van der Waals surface area contributed by atoms with Crippen molar-refractivity contribution in [2.24, 2.45) is 0 Å². The number of carbonyl (C=O) groups excluding carboxylic acids is 2. The number of fused-ring (bicyclic) bond motifs is 1. The molecule has 2 heterocycles. The maximum absolute atomic E-state index is 13.6. The zero-order chi connectivity index (χ0) is 22.6. The molecule has 3 aromatic carbocycles. The highest BCUT2D eigenvalue weighted by Gasteiger charge is 2.53. The highest BCUT2D eigenvalue weighted by molar-refractivity contribution is 6.08. The monoisotopic (exact) mass is 440 g/mol. The summed E-state index contributed by atoms with van der Waals surface area (Å²) in [5, 5.41) is 2.75. The summed E-state index contributed by atoms with van der Waals surface area (Å²) in [7, 11) is 1.53. The molecule has 1 fully saturated rings. The fourth-order valence-electron chi connectivity index (χ4n) is 6.40. The molecule has 0 radical (unpaired) electrons. The van der Waals surface area contributed by atoms with Crippen molar-refractivity contribution in [1.82, 2.24) is 4.90 Å². The lowest BCUT2D eigenvalue weighted by Crippen LogP contribution is -2.50. The third-order valence-electron chi connectivity index (χ3n) is 7.98. The third kappa shape index (κ3) is 2.92. The standard InChI is InChI=1S/C28H28N2O3/c1-33-28(14-17-31)23-10-2-3-11-24(23)30(27(28)32)21-12-15-29(16-13-21)25-18-20-8-4-6-19-7-5-9-22(25)26(19)20/h2-11,17,21,25H,12-16,18H2,1H3. The Bertz CT molecular complexity index is 1240. The van der Waals surface area contributed by atoms with Crippen LogP contribution in [0, 0.1) is 0 Å². The number of methoxy groups -OCH3 is 1. The summed E-state index contributed by atoms with van der Waals surface area (Å²) in [5.74, 6) is -0.102. The topological polar surface area (TPSA) is 49.9 Å². The van der Waals surface area contributed by atoms with Gasteiger partial charge in [-0.25, -0.2) is 0 Å². The summed E-state index contributed by atoms with van der Waals surface area (Å²) in [5.41, 5.74) is 3.39. The van der Waals surface area contributed by atoms with E-state index >= 15 is 0 Å². The largest absolute Gasteiger partial charge is 0.363 e. The van der Waals surface area contributed by atoms with Gasteiger partial charge in [-0.1, -0.05) is 54.6 Å². The Balaban J connectivity index is 1.25. The number of amides is 1. The Labute approximate surface area is 193 Å². The molecule has 1 amide bonds. The van der Waals surface area contributed by atoms with Gasteiger partial charge in [0.2, 0.25) is 0 Å². The third-order valence-corrected chi connectivity index (χ3v) is 7.98. The maximum atomic E-state index is 13.6. The van der Waals surface area contributed by atoms with Crippen LogP contribution >= 0.6 is 0 Å². The minimum absolute atomic E-state index is 0.0407. The van der Waals surface area contributed by atoms with E-state index in [9.17, 15) is 9.59 Å². The molecule has 168 valence electrons. The summed E-state index contributed by atoms with van der Waals surface area (Å²) in [6, 6.07) is 21.6. The van der Waals surface area contributed by atoms with Crippen LogP contribution in [-0.2, 0) is 26.3 Å². The predicted molar refractivity (Wildman–Crippen MR) is 128 cm³/mol. The Morgan fingerprint density at radius 1 is 1.03 bits per heavy atom. The molecule has 5 heteroatoms. The summed E-state index contributed by atoms with van der Waals surface area (Å²) in [6.07, 6.45) is 3.70. The van der Waals surface area contributed by atoms with Gasteiger partial charge in [0, 0.05) is 44.3 Å². The number of piperidine rings is 1. The first-order chi connectivity index (χ1) is 16.2. The van der Waals surface area contributed by atoms with E-state index in [0.717, 1.165) is 49.9 Å². The van der Waals surface area contributed by atoms with Gasteiger partial charge in [0.1, 0.15) is 6.29 Å². The Morgan fingerprint density at radius 3 is 2.55 bits per heavy atom. The number of rotatable bonds is 5. The van der Waals surface area contributed by atoms with E-state index in [4.69, 9.17) is 4.74 Å². The van der Waals surface area contributed by atoms with Crippen LogP contribution in [0.5, 0.6) is 0 Å². The molecule has 0 N–H and O–H groups in total. The molecule has 2 atom stereocenters. The van der Waals surface area contributed by atoms with Gasteiger partial charge in [-0.2, -0.15) is 0 Å². The highest BCUT2D eigenvalue weighted by atomic mass is 16.5. The second kappa shape index (κ2) is 7.79. The van der Waals surface area contributed by atoms with Gasteiger partial charge in [0.05, 0.1) is 5.69 Å². The molecule has 2 aliphatic heterocycles. The fourth-order valence-corrected chi connectivity index (χ4v) is 6.40. The SMILES string of the molecule is COC1(CC=O)C(=O)N(C2CCN(C3Cc4cccc5cccc3c45)CC2)c2ccccc21. The molecular weight excluding hydrogens is 412 g/mol. The van der Waals surface area contributed by atoms with E-state index in [1.165, 1.54) is 29.0 Å². The van der Waals surface area contributed by atoms with Crippen LogP contribution in [0.25, 0.3) is 10.8 Å². The first-order valence-electron chi connectivity index (χ1n) is 11.8. The van der Waals surface area contributed by atoms with Crippen molar-refractivity contribution in [2.45, 2.75) is 43.4 Å². The lowest BCUT2D eigenvalue weighted by atomic mass is 9.92. The molecule has 3 aromatic rings. The second-order valence-corrected chi connectivity index (χ2v) is 9.44. The number of hydrogen-bond acceptors (Lipinski definition) is 4. The van der Waals surface area contributed by atoms with E-state index in [-0.39, 0.29) is 18.4 Å². The molecule has 6 rings (SSSR count). The number of hydrogen-bond donors (Lipinski definition) is 0. The van der Waals surface area contributed by atoms with Crippen molar-refractivity contribution < 1.29 is 14.3 Å². The van der Waals surface area contributed by atoms with Gasteiger partial charge in [0.15, 0.2) is 5.60 Å². The number of benzene rings is 3. The van der Waals surface area contributed by atoms with Crippen LogP contribution in [0.4, 0.5) is 5.69 Å². The average molecular weight is 441 g/mol. The zero-order valence-electron chi connectivity index (χ0n) is 18.9. The quantitative estimate of drug-likeness (QED) is 0.553. The maximum Gasteiger partial charge on any atom is 0.264 e. The molecule has 33 heavy (non-hydrogen) atoms. The van der Waals surface area contributed by atoms with Crippen molar-refractivity contribution >= 4 is 28.7 Å². The number of aldehydes is 1. The van der Waals surface area contributed by atoms with Crippen LogP contribution in [0.1, 0.15) is 42.0 Å². The van der Waals surface area contributed by atoms with Gasteiger partial charge in [-0.3, -0.25) is 9.69 Å². The van der Waals surface area contributed by atoms with E-state index in [1.807, 2.05) is 29.2 Å². The summed E-state index contributed by atoms with van der Waals surface area (Å²) in [4.78, 5) is 29.6. The van der Waals surface area contributed by atoms with Gasteiger partial charge in [-0.05, 0) is 47.2 Å². The smallest absolute Gasteiger partial charge is 0.264 e. The average Bonchev–Trinajstić information content (AvgIpc) is 3.35. The summed E-state index contributed by atoms with van der Waals surface area (Å²) in [6.45, 7) is 1.89. The first-order valence-corrected chi connectivity index (χ1v) is 11.8. The first kappa shape index (κ1) is 20.6. The molecule has 1 saturated heterocycles. The number of nitrogens with zero attached hydrogens (tertiary/aromatic N) is 2. The molecule has 0 aromatic heterocycles. The van der Waals surface area contributed by atoms with Crippen molar-refractivity contribution in [3.63, 3.8) is 0 Å².